The van der Waals surface area contributed by atoms with E-state index >= 15 is 0 Å². The third kappa shape index (κ3) is 51.2. The number of aliphatic carboxylic acids is 2. The van der Waals surface area contributed by atoms with Gasteiger partial charge >= 0.3 is 172 Å². The van der Waals surface area contributed by atoms with E-state index in [1.165, 1.54) is 116 Å². The van der Waals surface area contributed by atoms with E-state index in [1.807, 2.05) is 0 Å². The van der Waals surface area contributed by atoms with Crippen LogP contribution < -0.4 is 10.2 Å². The molecule has 0 saturated carbocycles. The van der Waals surface area contributed by atoms with Crippen LogP contribution in [0.15, 0.2) is 0 Å². The Balaban J connectivity index is -0.000000853. The van der Waals surface area contributed by atoms with Crippen molar-refractivity contribution >= 4 is 33.1 Å². The number of aliphatic hydroxyl groups is 2. The molecule has 0 bridgehead atoms. The van der Waals surface area contributed by atoms with Crippen molar-refractivity contribution in [1.29, 1.82) is 0 Å². The van der Waals surface area contributed by atoms with Gasteiger partial charge in [-0.2, -0.15) is 0 Å². The Labute approximate surface area is 226 Å². The second kappa shape index (κ2) is 38.2. The summed E-state index contributed by atoms with van der Waals surface area (Å²) in [7, 11) is 0. The molecule has 0 fully saturated rings. The third-order valence-corrected chi connectivity index (χ3v) is 9.71. The van der Waals surface area contributed by atoms with Crippen molar-refractivity contribution in [1.82, 2.24) is 0 Å². The summed E-state index contributed by atoms with van der Waals surface area (Å²) >= 11 is 0.0377. The second-order valence-electron chi connectivity index (χ2n) is 9.17. The molecular weight excluding hydrogens is 551 g/mol. The molecule has 0 radical (unpaired) electrons. The van der Waals surface area contributed by atoms with Crippen molar-refractivity contribution in [3.05, 3.63) is 0 Å². The molecule has 0 aliphatic rings. The minimum Gasteiger partial charge on any atom is -0.548 e. The minimum absolute atomic E-state index is 0.0377. The Morgan fingerprint density at radius 3 is 0.886 bits per heavy atom. The SMILES string of the molecule is CCCCCCCCCCC[CH2][Sn+2][CH2]CCCCCCCCCCC.O=C([O-])CO.O=C([O-])CO. The van der Waals surface area contributed by atoms with Crippen LogP contribution in [0, 0.1) is 0 Å². The first kappa shape index (κ1) is 39.2. The van der Waals surface area contributed by atoms with Crippen molar-refractivity contribution in [2.75, 3.05) is 13.2 Å². The molecule has 0 unspecified atom stereocenters. The quantitative estimate of drug-likeness (QED) is 0.120. The summed E-state index contributed by atoms with van der Waals surface area (Å²) in [5, 5.41) is 33.0. The number of rotatable bonds is 24. The van der Waals surface area contributed by atoms with Gasteiger partial charge in [-0.15, -0.1) is 0 Å². The number of carbonyl (C=O) groups is 2. The van der Waals surface area contributed by atoms with Crippen LogP contribution in [0.4, 0.5) is 0 Å². The van der Waals surface area contributed by atoms with E-state index in [-0.39, 0.29) is 21.1 Å². The summed E-state index contributed by atoms with van der Waals surface area (Å²) < 4.78 is 3.33. The number of unbranched alkanes of at least 4 members (excludes halogenated alkanes) is 18. The Morgan fingerprint density at radius 1 is 0.486 bits per heavy atom. The second-order valence-corrected chi connectivity index (χ2v) is 13.5. The molecular formula is C28H56O6Sn. The minimum atomic E-state index is -1.44. The van der Waals surface area contributed by atoms with Crippen LogP contribution >= 0.6 is 0 Å². The Kier molecular flexibility index (Phi) is 42.8. The summed E-state index contributed by atoms with van der Waals surface area (Å²) in [6, 6.07) is 0. The summed E-state index contributed by atoms with van der Waals surface area (Å²) in [6.45, 7) is 2.83. The van der Waals surface area contributed by atoms with Crippen molar-refractivity contribution < 1.29 is 30.0 Å². The molecule has 0 spiro atoms. The van der Waals surface area contributed by atoms with Crippen LogP contribution in [0.1, 0.15) is 142 Å². The fraction of sp³-hybridized carbons (Fsp3) is 0.929. The van der Waals surface area contributed by atoms with Gasteiger partial charge in [0.05, 0.1) is 25.2 Å². The fourth-order valence-corrected chi connectivity index (χ4v) is 7.17. The smallest absolute Gasteiger partial charge is 0.548 e. The summed E-state index contributed by atoms with van der Waals surface area (Å²) in [5.74, 6) is -2.88. The van der Waals surface area contributed by atoms with Gasteiger partial charge in [0.1, 0.15) is 0 Å². The van der Waals surface area contributed by atoms with E-state index in [9.17, 15) is 0 Å². The predicted octanol–water partition coefficient (Wildman–Crippen LogP) is 4.83. The molecule has 6 nitrogen and oxygen atoms in total. The van der Waals surface area contributed by atoms with Crippen LogP contribution in [0.2, 0.25) is 8.87 Å². The van der Waals surface area contributed by atoms with Gasteiger partial charge < -0.3 is 30.0 Å². The molecule has 0 aliphatic carbocycles. The molecule has 7 heteroatoms. The summed E-state index contributed by atoms with van der Waals surface area (Å²) in [5.41, 5.74) is 0. The van der Waals surface area contributed by atoms with Gasteiger partial charge in [-0.3, -0.25) is 0 Å². The Morgan fingerprint density at radius 2 is 0.686 bits per heavy atom. The Hall–Kier alpha value is -0.341. The number of carboxylic acid groups (broad SMARTS) is 2. The van der Waals surface area contributed by atoms with Crippen molar-refractivity contribution in [3.8, 4) is 0 Å². The maximum absolute atomic E-state index is 9.01. The van der Waals surface area contributed by atoms with E-state index in [2.05, 4.69) is 13.8 Å². The van der Waals surface area contributed by atoms with Crippen molar-refractivity contribution in [2.45, 2.75) is 151 Å². The van der Waals surface area contributed by atoms with Gasteiger partial charge in [-0.1, -0.05) is 0 Å². The van der Waals surface area contributed by atoms with Gasteiger partial charge in [0.15, 0.2) is 0 Å². The molecule has 0 rings (SSSR count). The first-order valence-corrected chi connectivity index (χ1v) is 18.3. The van der Waals surface area contributed by atoms with E-state index in [0.717, 1.165) is 0 Å². The molecule has 0 atom stereocenters. The molecule has 0 aromatic heterocycles. The van der Waals surface area contributed by atoms with Gasteiger partial charge in [0, 0.05) is 0 Å². The molecule has 0 aromatic rings. The monoisotopic (exact) mass is 608 g/mol. The van der Waals surface area contributed by atoms with E-state index < -0.39 is 25.2 Å². The van der Waals surface area contributed by atoms with Crippen LogP contribution in [0.3, 0.4) is 0 Å². The van der Waals surface area contributed by atoms with Gasteiger partial charge in [0.25, 0.3) is 0 Å². The van der Waals surface area contributed by atoms with Crippen LogP contribution in [0.25, 0.3) is 0 Å². The first-order valence-electron chi connectivity index (χ1n) is 14.3. The van der Waals surface area contributed by atoms with Gasteiger partial charge in [0.2, 0.25) is 0 Å². The third-order valence-electron chi connectivity index (χ3n) is 5.67. The number of carboxylic acids is 2. The zero-order chi connectivity index (χ0) is 26.8. The molecule has 2 N–H and O–H groups in total. The zero-order valence-corrected chi connectivity index (χ0v) is 25.9. The van der Waals surface area contributed by atoms with Crippen LogP contribution in [-0.4, -0.2) is 56.5 Å². The maximum atomic E-state index is 9.01. The van der Waals surface area contributed by atoms with Crippen molar-refractivity contribution in [3.63, 3.8) is 0 Å². The average Bonchev–Trinajstić information content (AvgIpc) is 2.85. The van der Waals surface area contributed by atoms with E-state index in [1.54, 1.807) is 21.7 Å². The zero-order valence-electron chi connectivity index (χ0n) is 23.0. The van der Waals surface area contributed by atoms with Crippen molar-refractivity contribution in [2.24, 2.45) is 0 Å². The molecule has 0 aliphatic heterocycles. The summed E-state index contributed by atoms with van der Waals surface area (Å²) in [6.07, 6.45) is 29.8. The molecule has 35 heavy (non-hydrogen) atoms. The number of hydrogen-bond acceptors (Lipinski definition) is 6. The predicted molar refractivity (Wildman–Crippen MR) is 143 cm³/mol. The fourth-order valence-electron chi connectivity index (χ4n) is 3.60. The van der Waals surface area contributed by atoms with Gasteiger partial charge in [-0.05, 0) is 0 Å². The van der Waals surface area contributed by atoms with Crippen LogP contribution in [0.5, 0.6) is 0 Å². The topological polar surface area (TPSA) is 121 Å². The molecule has 0 amide bonds. The Bertz CT molecular complexity index is 371. The number of aliphatic hydroxyl groups excluding tert-OH is 2. The normalized spacial score (nSPS) is 9.94. The molecule has 0 aromatic carbocycles. The van der Waals surface area contributed by atoms with Crippen LogP contribution in [-0.2, 0) is 9.59 Å². The number of hydrogen-bond donors (Lipinski definition) is 2. The number of carbonyl (C=O) groups excluding carboxylic acids is 2. The average molecular weight is 607 g/mol. The standard InChI is InChI=1S/2C12H25.2C2H4O3.Sn/c2*1-3-5-7-9-11-12-10-8-6-4-2;2*3-1-2(4)5;/h2*1,3-12H2,2H3;2*3H,1H2,(H,4,5);/q;;;;+2/p-2. The van der Waals surface area contributed by atoms with E-state index in [0.29, 0.717) is 0 Å². The summed E-state index contributed by atoms with van der Waals surface area (Å²) in [4.78, 5) is 18.0. The molecule has 208 valence electrons. The van der Waals surface area contributed by atoms with E-state index in [4.69, 9.17) is 30.0 Å². The molecule has 0 heterocycles. The first-order chi connectivity index (χ1) is 17.0. The van der Waals surface area contributed by atoms with Gasteiger partial charge in [-0.25, -0.2) is 0 Å². The molecule has 0 saturated heterocycles.